The highest BCUT2D eigenvalue weighted by Gasteiger charge is 2.32. The molecule has 0 unspecified atom stereocenters. The molecule has 0 bridgehead atoms. The van der Waals surface area contributed by atoms with Crippen LogP contribution in [0.4, 0.5) is 28.2 Å². The number of halogens is 1. The number of carbonyl (C=O) groups excluding carboxylic acids is 1. The van der Waals surface area contributed by atoms with E-state index in [1.807, 2.05) is 85.2 Å². The highest BCUT2D eigenvalue weighted by atomic mass is 127. The first-order chi connectivity index (χ1) is 24.5. The predicted molar refractivity (Wildman–Crippen MR) is 201 cm³/mol. The van der Waals surface area contributed by atoms with Gasteiger partial charge in [-0.25, -0.2) is 19.7 Å². The zero-order chi connectivity index (χ0) is 34.5. The minimum absolute atomic E-state index is 0.234. The van der Waals surface area contributed by atoms with E-state index >= 15 is 0 Å². The number of aromatic nitrogens is 4. The molecule has 2 aliphatic heterocycles. The fraction of sp³-hybridized carbons (Fsp3) is 0.270. The second-order valence-corrected chi connectivity index (χ2v) is 13.2. The number of carbonyl (C=O) groups is 1. The van der Waals surface area contributed by atoms with Crippen LogP contribution < -0.4 is 29.5 Å². The quantitative estimate of drug-likeness (QED) is 0.164. The number of hydrogen-bond acceptors (Lipinski definition) is 10. The van der Waals surface area contributed by atoms with E-state index in [0.717, 1.165) is 48.7 Å². The number of nitrogens with one attached hydrogen (secondary N) is 1. The summed E-state index contributed by atoms with van der Waals surface area (Å²) in [6, 6.07) is 23.5. The minimum atomic E-state index is -0.234. The average molecular weight is 785 g/mol. The van der Waals surface area contributed by atoms with Crippen molar-refractivity contribution in [1.82, 2.24) is 19.9 Å². The molecular weight excluding hydrogens is 747 g/mol. The zero-order valence-corrected chi connectivity index (χ0v) is 30.0. The molecule has 50 heavy (non-hydrogen) atoms. The van der Waals surface area contributed by atoms with Crippen LogP contribution in [0.15, 0.2) is 85.2 Å². The van der Waals surface area contributed by atoms with Gasteiger partial charge in [-0.3, -0.25) is 4.90 Å². The van der Waals surface area contributed by atoms with Crippen molar-refractivity contribution in [3.63, 3.8) is 0 Å². The van der Waals surface area contributed by atoms with E-state index in [0.29, 0.717) is 70.1 Å². The Labute approximate surface area is 304 Å². The largest absolute Gasteiger partial charge is 0.497 e. The molecule has 1 saturated heterocycles. The highest BCUT2D eigenvalue weighted by Crippen LogP contribution is 2.36. The number of benzene rings is 3. The summed E-state index contributed by atoms with van der Waals surface area (Å²) < 4.78 is 17.4. The molecule has 13 heteroatoms. The van der Waals surface area contributed by atoms with Crippen LogP contribution in [-0.4, -0.2) is 73.0 Å². The number of hydrogen-bond donors (Lipinski definition) is 1. The molecule has 3 aromatic carbocycles. The van der Waals surface area contributed by atoms with E-state index in [4.69, 9.17) is 34.1 Å². The third-order valence-electron chi connectivity index (χ3n) is 8.71. The van der Waals surface area contributed by atoms with E-state index in [1.165, 1.54) is 0 Å². The van der Waals surface area contributed by atoms with Crippen molar-refractivity contribution in [2.45, 2.75) is 19.5 Å². The molecule has 0 saturated carbocycles. The monoisotopic (exact) mass is 784 g/mol. The Morgan fingerprint density at radius 1 is 0.840 bits per heavy atom. The van der Waals surface area contributed by atoms with Crippen molar-refractivity contribution in [2.75, 3.05) is 67.1 Å². The van der Waals surface area contributed by atoms with Crippen molar-refractivity contribution in [3.8, 4) is 22.8 Å². The molecule has 2 amide bonds. The number of rotatable bonds is 10. The van der Waals surface area contributed by atoms with Gasteiger partial charge in [-0.2, -0.15) is 4.98 Å². The number of amides is 2. The summed E-state index contributed by atoms with van der Waals surface area (Å²) in [7, 11) is 3.32. The number of ether oxygens (including phenoxy) is 3. The zero-order valence-electron chi connectivity index (χ0n) is 27.9. The fourth-order valence-corrected chi connectivity index (χ4v) is 6.38. The Bertz CT molecular complexity index is 1870. The molecule has 4 heterocycles. The van der Waals surface area contributed by atoms with Crippen molar-refractivity contribution in [1.29, 1.82) is 0 Å². The topological polar surface area (TPSA) is 118 Å². The first-order valence-corrected chi connectivity index (χ1v) is 17.5. The van der Waals surface area contributed by atoms with E-state index in [1.54, 1.807) is 19.1 Å². The van der Waals surface area contributed by atoms with E-state index in [9.17, 15) is 4.79 Å². The van der Waals surface area contributed by atoms with Crippen LogP contribution in [0.1, 0.15) is 16.7 Å². The second-order valence-electron chi connectivity index (χ2n) is 11.9. The molecule has 0 spiro atoms. The van der Waals surface area contributed by atoms with Crippen LogP contribution >= 0.6 is 22.6 Å². The van der Waals surface area contributed by atoms with E-state index < -0.39 is 0 Å². The lowest BCUT2D eigenvalue weighted by molar-refractivity contribution is 0.122. The molecule has 1 fully saturated rings. The number of morpholine rings is 1. The average Bonchev–Trinajstić information content (AvgIpc) is 3.60. The van der Waals surface area contributed by atoms with Gasteiger partial charge in [0.1, 0.15) is 17.3 Å². The maximum Gasteiger partial charge on any atom is 0.327 e. The van der Waals surface area contributed by atoms with Crippen LogP contribution in [-0.2, 0) is 24.2 Å². The Hall–Kier alpha value is -5.02. The van der Waals surface area contributed by atoms with Crippen LogP contribution in [0.25, 0.3) is 11.3 Å². The molecule has 5 aromatic rings. The van der Waals surface area contributed by atoms with Crippen molar-refractivity contribution in [2.24, 2.45) is 0 Å². The maximum absolute atomic E-state index is 13.6. The Kier molecular flexibility index (Phi) is 10.2. The summed E-state index contributed by atoms with van der Waals surface area (Å²) in [5.74, 6) is 3.34. The first kappa shape index (κ1) is 33.5. The van der Waals surface area contributed by atoms with Crippen LogP contribution in [0.5, 0.6) is 11.5 Å². The Morgan fingerprint density at radius 3 is 2.02 bits per heavy atom. The number of nitrogens with zero attached hydrogens (tertiary/aromatic N) is 7. The van der Waals surface area contributed by atoms with Gasteiger partial charge in [0, 0.05) is 65.5 Å². The van der Waals surface area contributed by atoms with E-state index in [-0.39, 0.29) is 6.03 Å². The lowest BCUT2D eigenvalue weighted by Crippen LogP contribution is -2.38. The van der Waals surface area contributed by atoms with Crippen LogP contribution in [0.2, 0.25) is 0 Å². The van der Waals surface area contributed by atoms with Gasteiger partial charge in [0.15, 0.2) is 0 Å². The van der Waals surface area contributed by atoms with Crippen LogP contribution in [0, 0.1) is 3.57 Å². The van der Waals surface area contributed by atoms with Gasteiger partial charge < -0.3 is 29.3 Å². The van der Waals surface area contributed by atoms with Gasteiger partial charge in [-0.15, -0.1) is 0 Å². The summed E-state index contributed by atoms with van der Waals surface area (Å²) >= 11 is 2.25. The molecule has 1 N–H and O–H groups in total. The van der Waals surface area contributed by atoms with Crippen molar-refractivity contribution in [3.05, 3.63) is 105 Å². The summed E-state index contributed by atoms with van der Waals surface area (Å²) in [6.07, 6.45) is 4.24. The molecule has 0 atom stereocenters. The normalized spacial score (nSPS) is 13.9. The number of methoxy groups -OCH3 is 2. The molecule has 0 aliphatic carbocycles. The molecule has 2 aliphatic rings. The Balaban J connectivity index is 1.20. The van der Waals surface area contributed by atoms with Crippen molar-refractivity contribution >= 4 is 52.0 Å². The molecule has 256 valence electrons. The summed E-state index contributed by atoms with van der Waals surface area (Å²) in [4.78, 5) is 39.2. The number of urea groups is 1. The van der Waals surface area contributed by atoms with Gasteiger partial charge in [0.2, 0.25) is 11.9 Å². The first-order valence-electron chi connectivity index (χ1n) is 16.4. The van der Waals surface area contributed by atoms with Gasteiger partial charge >= 0.3 is 6.03 Å². The molecular formula is C37H37IN8O4. The van der Waals surface area contributed by atoms with Gasteiger partial charge in [0.05, 0.1) is 33.1 Å². The highest BCUT2D eigenvalue weighted by molar-refractivity contribution is 14.1. The predicted octanol–water partition coefficient (Wildman–Crippen LogP) is 6.19. The summed E-state index contributed by atoms with van der Waals surface area (Å²) in [5.41, 5.74) is 5.30. The smallest absolute Gasteiger partial charge is 0.327 e. The number of anilines is 4. The summed E-state index contributed by atoms with van der Waals surface area (Å²) in [5, 5.41) is 3.03. The molecule has 0 radical (unpaired) electrons. The van der Waals surface area contributed by atoms with Crippen molar-refractivity contribution < 1.29 is 19.0 Å². The van der Waals surface area contributed by atoms with E-state index in [2.05, 4.69) is 37.7 Å². The standard InChI is InChI=1S/C37H37IN8O4/c1-48-30-11-3-25(4-12-30)23-45(24-26-5-13-31(49-2)14-6-26)35-39-21-27(22-40-35)33-32-15-16-46(37(47)41-29-9-7-28(38)8-10-29)34(32)43-36(42-33)44-17-19-50-20-18-44/h3-14,21-22H,15-20,23-24H2,1-2H3,(H,41,47). The fourth-order valence-electron chi connectivity index (χ4n) is 6.02. The summed E-state index contributed by atoms with van der Waals surface area (Å²) in [6.45, 7) is 4.15. The Morgan fingerprint density at radius 2 is 1.44 bits per heavy atom. The maximum atomic E-state index is 13.6. The minimum Gasteiger partial charge on any atom is -0.497 e. The van der Waals surface area contributed by atoms with Gasteiger partial charge in [-0.05, 0) is 88.7 Å². The van der Waals surface area contributed by atoms with Crippen LogP contribution in [0.3, 0.4) is 0 Å². The van der Waals surface area contributed by atoms with Gasteiger partial charge in [0.25, 0.3) is 0 Å². The molecule has 2 aromatic heterocycles. The second kappa shape index (κ2) is 15.3. The third-order valence-corrected chi connectivity index (χ3v) is 9.43. The lowest BCUT2D eigenvalue weighted by Gasteiger charge is -2.28. The van der Waals surface area contributed by atoms with Gasteiger partial charge in [-0.1, -0.05) is 24.3 Å². The number of fused-ring (bicyclic) bond motifs is 1. The molecule has 7 rings (SSSR count). The SMILES string of the molecule is COc1ccc(CN(Cc2ccc(OC)cc2)c2ncc(-c3nc(N4CCOCC4)nc4c3CCN4C(=O)Nc3ccc(I)cc3)cn2)cc1. The molecule has 12 nitrogen and oxygen atoms in total. The third kappa shape index (κ3) is 7.58. The lowest BCUT2D eigenvalue weighted by atomic mass is 10.1.